The third kappa shape index (κ3) is 14.2. The molecule has 0 aliphatic carbocycles. The van der Waals surface area contributed by atoms with Crippen molar-refractivity contribution in [1.82, 2.24) is 21.3 Å². The smallest absolute Gasteiger partial charge is 0.408 e. The average molecular weight is 688 g/mol. The molecular weight excluding hydrogens is 642 g/mol. The predicted octanol–water partition coefficient (Wildman–Crippen LogP) is -0.337. The Kier molecular flexibility index (Phi) is 15.0. The minimum atomic E-state index is -1.69. The number of amides is 5. The van der Waals surface area contributed by atoms with E-state index in [2.05, 4.69) is 21.3 Å². The molecule has 0 aliphatic rings. The van der Waals surface area contributed by atoms with Crippen LogP contribution in [0.1, 0.15) is 52.2 Å². The summed E-state index contributed by atoms with van der Waals surface area (Å²) in [6.45, 7) is 7.06. The van der Waals surface area contributed by atoms with Gasteiger partial charge in [-0.1, -0.05) is 42.5 Å². The standard InChI is InChI=1S/C33H45N5O11/c1-18(39)26(38-32(47)49-33(3,4)5)30(45)36-24(16-25(34)42)28(43)35-23(15-20-11-13-22(41)14-12-20)29(44)37-27(19(2)40)31(46)48-17-21-9-7-6-8-10-21/h6-14,18-19,23-24,26-27,39-41H,15-17H2,1-5H3,(H2,34,42)(H,35,43)(H,36,45)(H,37,44)(H,38,47)/t18-,19-,23+,24+,26+,27+/m1/s1. The molecule has 2 rings (SSSR count). The van der Waals surface area contributed by atoms with Crippen LogP contribution in [-0.2, 0) is 46.5 Å². The minimum Gasteiger partial charge on any atom is -0.508 e. The Balaban J connectivity index is 2.30. The zero-order valence-corrected chi connectivity index (χ0v) is 28.0. The van der Waals surface area contributed by atoms with E-state index in [0.29, 0.717) is 11.1 Å². The fraction of sp³-hybridized carbons (Fsp3) is 0.455. The molecule has 0 spiro atoms. The SMILES string of the molecule is C[C@@H](O)[C@H](NC(=O)OC(C)(C)C)C(=O)N[C@@H](CC(N)=O)C(=O)N[C@@H](Cc1ccc(O)cc1)C(=O)N[C@H](C(=O)OCc1ccccc1)[C@@H](C)O. The monoisotopic (exact) mass is 687 g/mol. The van der Waals surface area contributed by atoms with E-state index in [0.717, 1.165) is 0 Å². The lowest BCUT2D eigenvalue weighted by Gasteiger charge is -2.28. The molecule has 0 heterocycles. The molecule has 2 aromatic carbocycles. The van der Waals surface area contributed by atoms with Gasteiger partial charge in [-0.3, -0.25) is 19.2 Å². The zero-order chi connectivity index (χ0) is 36.9. The molecule has 9 N–H and O–H groups in total. The molecule has 0 bridgehead atoms. The molecule has 0 saturated heterocycles. The van der Waals surface area contributed by atoms with Crippen molar-refractivity contribution in [3.05, 3.63) is 65.7 Å². The van der Waals surface area contributed by atoms with Gasteiger partial charge in [0.1, 0.15) is 36.1 Å². The molecular formula is C33H45N5O11. The normalized spacial score (nSPS) is 14.8. The van der Waals surface area contributed by atoms with E-state index in [1.807, 2.05) is 0 Å². The molecule has 6 atom stereocenters. The number of esters is 1. The number of aliphatic hydroxyl groups is 2. The third-order valence-corrected chi connectivity index (χ3v) is 6.74. The van der Waals surface area contributed by atoms with Crippen LogP contribution < -0.4 is 27.0 Å². The summed E-state index contributed by atoms with van der Waals surface area (Å²) in [5, 5.41) is 39.5. The first-order valence-electron chi connectivity index (χ1n) is 15.4. The van der Waals surface area contributed by atoms with Gasteiger partial charge in [0.25, 0.3) is 0 Å². The van der Waals surface area contributed by atoms with Gasteiger partial charge in [-0.25, -0.2) is 9.59 Å². The molecule has 0 aromatic heterocycles. The maximum absolute atomic E-state index is 13.6. The highest BCUT2D eigenvalue weighted by molar-refractivity contribution is 5.97. The first kappa shape index (κ1) is 40.0. The maximum Gasteiger partial charge on any atom is 0.408 e. The number of aromatic hydroxyl groups is 1. The number of primary amides is 1. The van der Waals surface area contributed by atoms with E-state index in [4.69, 9.17) is 15.2 Å². The van der Waals surface area contributed by atoms with E-state index < -0.39 is 84.1 Å². The topological polar surface area (TPSA) is 256 Å². The number of aliphatic hydroxyl groups excluding tert-OH is 2. The number of nitrogens with one attached hydrogen (secondary N) is 4. The number of hydrogen-bond donors (Lipinski definition) is 8. The number of ether oxygens (including phenoxy) is 2. The Morgan fingerprint density at radius 2 is 1.29 bits per heavy atom. The van der Waals surface area contributed by atoms with Crippen molar-refractivity contribution in [1.29, 1.82) is 0 Å². The summed E-state index contributed by atoms with van der Waals surface area (Å²) in [4.78, 5) is 77.3. The summed E-state index contributed by atoms with van der Waals surface area (Å²) < 4.78 is 10.4. The summed E-state index contributed by atoms with van der Waals surface area (Å²) in [6, 6.07) is 7.98. The van der Waals surface area contributed by atoms with E-state index in [9.17, 15) is 44.1 Å². The van der Waals surface area contributed by atoms with Gasteiger partial charge in [-0.15, -0.1) is 0 Å². The van der Waals surface area contributed by atoms with Crippen LogP contribution in [0.25, 0.3) is 0 Å². The van der Waals surface area contributed by atoms with Gasteiger partial charge in [-0.2, -0.15) is 0 Å². The van der Waals surface area contributed by atoms with Crippen molar-refractivity contribution in [3.63, 3.8) is 0 Å². The Hall–Kier alpha value is -5.22. The fourth-order valence-corrected chi connectivity index (χ4v) is 4.31. The van der Waals surface area contributed by atoms with Gasteiger partial charge < -0.3 is 51.8 Å². The Morgan fingerprint density at radius 3 is 1.82 bits per heavy atom. The van der Waals surface area contributed by atoms with Crippen LogP contribution in [-0.4, -0.2) is 93.0 Å². The van der Waals surface area contributed by atoms with Gasteiger partial charge >= 0.3 is 12.1 Å². The first-order valence-corrected chi connectivity index (χ1v) is 15.4. The van der Waals surface area contributed by atoms with Gasteiger partial charge in [0.2, 0.25) is 23.6 Å². The first-order chi connectivity index (χ1) is 22.9. The number of phenolic OH excluding ortho intramolecular Hbond substituents is 1. The van der Waals surface area contributed by atoms with E-state index in [-0.39, 0.29) is 18.8 Å². The van der Waals surface area contributed by atoms with Crippen molar-refractivity contribution in [2.45, 2.75) is 96.0 Å². The van der Waals surface area contributed by atoms with Crippen molar-refractivity contribution >= 4 is 35.7 Å². The van der Waals surface area contributed by atoms with Crippen molar-refractivity contribution in [3.8, 4) is 5.75 Å². The second kappa shape index (κ2) is 18.4. The minimum absolute atomic E-state index is 0.0685. The summed E-state index contributed by atoms with van der Waals surface area (Å²) >= 11 is 0. The fourth-order valence-electron chi connectivity index (χ4n) is 4.31. The maximum atomic E-state index is 13.6. The Labute approximate surface area is 283 Å². The number of carbonyl (C=O) groups excluding carboxylic acids is 6. The number of phenols is 1. The van der Waals surface area contributed by atoms with Crippen LogP contribution in [0, 0.1) is 0 Å². The van der Waals surface area contributed by atoms with Gasteiger partial charge in [0.05, 0.1) is 18.6 Å². The number of nitrogens with two attached hydrogens (primary N) is 1. The third-order valence-electron chi connectivity index (χ3n) is 6.74. The summed E-state index contributed by atoms with van der Waals surface area (Å²) in [7, 11) is 0. The highest BCUT2D eigenvalue weighted by Crippen LogP contribution is 2.13. The van der Waals surface area contributed by atoms with E-state index in [1.165, 1.54) is 38.1 Å². The Bertz CT molecular complexity index is 1440. The summed E-state index contributed by atoms with van der Waals surface area (Å²) in [5.41, 5.74) is 5.51. The van der Waals surface area contributed by atoms with Crippen LogP contribution in [0.3, 0.4) is 0 Å². The average Bonchev–Trinajstić information content (AvgIpc) is 3.00. The van der Waals surface area contributed by atoms with Gasteiger partial charge in [-0.05, 0) is 57.9 Å². The number of benzene rings is 2. The van der Waals surface area contributed by atoms with Crippen LogP contribution >= 0.6 is 0 Å². The lowest BCUT2D eigenvalue weighted by atomic mass is 10.0. The van der Waals surface area contributed by atoms with Crippen LogP contribution in [0.15, 0.2) is 54.6 Å². The molecule has 2 aromatic rings. The largest absolute Gasteiger partial charge is 0.508 e. The van der Waals surface area contributed by atoms with Crippen molar-refractivity contribution in [2.75, 3.05) is 0 Å². The summed E-state index contributed by atoms with van der Waals surface area (Å²) in [5.74, 6) is -5.11. The molecule has 5 amide bonds. The van der Waals surface area contributed by atoms with Crippen molar-refractivity contribution in [2.24, 2.45) is 5.73 Å². The number of hydrogen-bond acceptors (Lipinski definition) is 11. The molecule has 0 saturated carbocycles. The Morgan fingerprint density at radius 1 is 0.735 bits per heavy atom. The summed E-state index contributed by atoms with van der Waals surface area (Å²) in [6.07, 6.45) is -4.89. The van der Waals surface area contributed by atoms with Gasteiger partial charge in [0.15, 0.2) is 6.04 Å². The van der Waals surface area contributed by atoms with Crippen LogP contribution in [0.4, 0.5) is 4.79 Å². The quantitative estimate of drug-likeness (QED) is 0.106. The lowest BCUT2D eigenvalue weighted by Crippen LogP contribution is -2.61. The molecule has 49 heavy (non-hydrogen) atoms. The van der Waals surface area contributed by atoms with E-state index >= 15 is 0 Å². The van der Waals surface area contributed by atoms with Gasteiger partial charge in [0, 0.05) is 6.42 Å². The highest BCUT2D eigenvalue weighted by atomic mass is 16.6. The predicted molar refractivity (Wildman–Crippen MR) is 174 cm³/mol. The second-order valence-corrected chi connectivity index (χ2v) is 12.3. The number of carbonyl (C=O) groups is 6. The highest BCUT2D eigenvalue weighted by Gasteiger charge is 2.35. The molecule has 0 unspecified atom stereocenters. The molecule has 0 aliphatic heterocycles. The molecule has 0 radical (unpaired) electrons. The van der Waals surface area contributed by atoms with Crippen LogP contribution in [0.2, 0.25) is 0 Å². The molecule has 268 valence electrons. The molecule has 0 fully saturated rings. The zero-order valence-electron chi connectivity index (χ0n) is 28.0. The number of rotatable bonds is 16. The van der Waals surface area contributed by atoms with Crippen molar-refractivity contribution < 1.29 is 53.6 Å². The van der Waals surface area contributed by atoms with Crippen LogP contribution in [0.5, 0.6) is 5.75 Å². The number of alkyl carbamates (subject to hydrolysis) is 1. The van der Waals surface area contributed by atoms with E-state index in [1.54, 1.807) is 51.1 Å². The lowest BCUT2D eigenvalue weighted by molar-refractivity contribution is -0.152. The second-order valence-electron chi connectivity index (χ2n) is 12.3. The molecule has 16 heteroatoms. The molecule has 16 nitrogen and oxygen atoms in total.